The molecule has 1 unspecified atom stereocenters. The van der Waals surface area contributed by atoms with Gasteiger partial charge in [-0.3, -0.25) is 4.79 Å². The lowest BCUT2D eigenvalue weighted by molar-refractivity contribution is -0.143. The second-order valence-electron chi connectivity index (χ2n) is 14.0. The number of rotatable bonds is 13. The van der Waals surface area contributed by atoms with Gasteiger partial charge < -0.3 is 20.1 Å². The van der Waals surface area contributed by atoms with Crippen molar-refractivity contribution in [3.8, 4) is 0 Å². The van der Waals surface area contributed by atoms with Crippen LogP contribution in [0.15, 0.2) is 29.3 Å². The van der Waals surface area contributed by atoms with Gasteiger partial charge in [-0.05, 0) is 75.7 Å². The fourth-order valence-electron chi connectivity index (χ4n) is 7.11. The number of benzene rings is 1. The van der Waals surface area contributed by atoms with Crippen molar-refractivity contribution in [1.82, 2.24) is 10.2 Å². The molecule has 0 aliphatic heterocycles. The highest BCUT2D eigenvalue weighted by Gasteiger charge is 2.27. The molecule has 3 aliphatic rings. The van der Waals surface area contributed by atoms with E-state index in [2.05, 4.69) is 41.5 Å². The maximum atomic E-state index is 13.2. The van der Waals surface area contributed by atoms with Crippen molar-refractivity contribution in [1.29, 1.82) is 0 Å². The number of aliphatic imine (C=N–C) groups is 1. The van der Waals surface area contributed by atoms with E-state index in [1.807, 2.05) is 18.7 Å². The number of hydrogen-bond donors (Lipinski definition) is 2. The fourth-order valence-corrected chi connectivity index (χ4v) is 7.11. The Morgan fingerprint density at radius 3 is 2.27 bits per heavy atom. The summed E-state index contributed by atoms with van der Waals surface area (Å²) in [5.74, 6) is -0.238. The number of carboxylic acids is 1. The molecule has 0 saturated heterocycles. The van der Waals surface area contributed by atoms with Gasteiger partial charge in [-0.15, -0.1) is 0 Å². The normalized spacial score (nSPS) is 21.6. The molecule has 2 N–H and O–H groups in total. The van der Waals surface area contributed by atoms with Crippen LogP contribution in [0.25, 0.3) is 0 Å². The van der Waals surface area contributed by atoms with E-state index in [1.165, 1.54) is 44.1 Å². The van der Waals surface area contributed by atoms with Crippen LogP contribution < -0.4 is 5.32 Å². The monoisotopic (exact) mass is 625 g/mol. The van der Waals surface area contributed by atoms with E-state index in [0.29, 0.717) is 31.7 Å². The Morgan fingerprint density at radius 1 is 0.978 bits per heavy atom. The molecule has 252 valence electrons. The van der Waals surface area contributed by atoms with Gasteiger partial charge in [-0.1, -0.05) is 95.0 Å². The number of carbonyl (C=O) groups is 2. The lowest BCUT2D eigenvalue weighted by Gasteiger charge is -2.32. The number of hydrogen-bond acceptors (Lipinski definition) is 5. The smallest absolute Gasteiger partial charge is 0.317 e. The molecule has 3 atom stereocenters. The van der Waals surface area contributed by atoms with E-state index in [4.69, 9.17) is 4.74 Å². The van der Waals surface area contributed by atoms with Crippen LogP contribution in [0.4, 0.5) is 4.79 Å². The van der Waals surface area contributed by atoms with Crippen molar-refractivity contribution in [2.75, 3.05) is 13.2 Å². The summed E-state index contributed by atoms with van der Waals surface area (Å²) in [5, 5.41) is 12.8. The predicted octanol–water partition coefficient (Wildman–Crippen LogP) is 8.21. The molecule has 0 aromatic heterocycles. The molecular weight excluding hydrogens is 566 g/mol. The molecule has 1 aromatic rings. The minimum absolute atomic E-state index is 0.0148. The third kappa shape index (κ3) is 14.1. The predicted molar refractivity (Wildman–Crippen MR) is 179 cm³/mol. The summed E-state index contributed by atoms with van der Waals surface area (Å²) in [5.41, 5.74) is 2.35. The molecule has 3 saturated carbocycles. The number of ether oxygens (including phenoxy) is 1. The topological polar surface area (TPSA) is 108 Å². The highest BCUT2D eigenvalue weighted by molar-refractivity contribution is 5.74. The second-order valence-corrected chi connectivity index (χ2v) is 14.0. The molecule has 4 rings (SSSR count). The zero-order valence-electron chi connectivity index (χ0n) is 28.2. The Labute approximate surface area is 271 Å². The maximum Gasteiger partial charge on any atom is 0.317 e. The highest BCUT2D eigenvalue weighted by Crippen LogP contribution is 2.32. The Morgan fingerprint density at radius 2 is 1.64 bits per heavy atom. The number of nitrogens with zero attached hydrogens (tertiary/aromatic N) is 2. The van der Waals surface area contributed by atoms with E-state index >= 15 is 0 Å². The zero-order valence-corrected chi connectivity index (χ0v) is 28.2. The molecule has 3 aliphatic carbocycles. The van der Waals surface area contributed by atoms with Crippen molar-refractivity contribution in [2.24, 2.45) is 22.7 Å². The first-order chi connectivity index (χ1) is 21.7. The molecule has 0 radical (unpaired) electrons. The summed E-state index contributed by atoms with van der Waals surface area (Å²) in [6, 6.07) is 9.00. The van der Waals surface area contributed by atoms with Crippen molar-refractivity contribution >= 4 is 18.1 Å². The van der Waals surface area contributed by atoms with Gasteiger partial charge in [-0.2, -0.15) is 0 Å². The van der Waals surface area contributed by atoms with Crippen LogP contribution in [-0.2, 0) is 20.9 Å². The molecule has 8 nitrogen and oxygen atoms in total. The van der Waals surface area contributed by atoms with Gasteiger partial charge in [-0.25, -0.2) is 14.6 Å². The maximum absolute atomic E-state index is 13.2. The summed E-state index contributed by atoms with van der Waals surface area (Å²) in [7, 11) is 0. The number of isocyanates is 1. The largest absolute Gasteiger partial charge is 0.481 e. The van der Waals surface area contributed by atoms with Crippen molar-refractivity contribution in [2.45, 2.75) is 148 Å². The summed E-state index contributed by atoms with van der Waals surface area (Å²) >= 11 is 0. The molecule has 3 fully saturated rings. The van der Waals surface area contributed by atoms with Crippen molar-refractivity contribution in [3.05, 3.63) is 35.4 Å². The Hall–Kier alpha value is -2.70. The highest BCUT2D eigenvalue weighted by atomic mass is 16.5. The Balaban J connectivity index is 0.000000525. The third-order valence-corrected chi connectivity index (χ3v) is 9.98. The van der Waals surface area contributed by atoms with Crippen LogP contribution in [0.5, 0.6) is 0 Å². The quantitative estimate of drug-likeness (QED) is 0.170. The van der Waals surface area contributed by atoms with Crippen LogP contribution in [0.1, 0.15) is 128 Å². The Kier molecular flexibility index (Phi) is 16.7. The molecule has 2 amide bonds. The van der Waals surface area contributed by atoms with Crippen LogP contribution in [-0.4, -0.2) is 59.4 Å². The fraction of sp³-hybridized carbons (Fsp3) is 0.757. The van der Waals surface area contributed by atoms with Gasteiger partial charge in [0.05, 0.1) is 24.7 Å². The molecule has 1 aromatic carbocycles. The Bertz CT molecular complexity index is 1040. The molecule has 0 bridgehead atoms. The van der Waals surface area contributed by atoms with E-state index in [1.54, 1.807) is 6.08 Å². The van der Waals surface area contributed by atoms with Crippen LogP contribution in [0, 0.1) is 24.7 Å². The zero-order chi connectivity index (χ0) is 32.4. The number of carbonyl (C=O) groups excluding carboxylic acids is 2. The minimum Gasteiger partial charge on any atom is -0.481 e. The molecule has 45 heavy (non-hydrogen) atoms. The van der Waals surface area contributed by atoms with E-state index in [0.717, 1.165) is 69.8 Å². The van der Waals surface area contributed by atoms with Gasteiger partial charge in [0.25, 0.3) is 0 Å². The summed E-state index contributed by atoms with van der Waals surface area (Å²) in [4.78, 5) is 40.1. The molecule has 0 heterocycles. The van der Waals surface area contributed by atoms with Gasteiger partial charge in [0, 0.05) is 19.1 Å². The SMILES string of the molecule is Cc1ccc(CN(CCO[C@@H]2CCC[C@H](CCC(C(=O)O)C(C)C)C2)C(=O)NC2CCCCC2)cc1.O=C=NC1CCCCC1. The average Bonchev–Trinajstić information content (AvgIpc) is 3.03. The van der Waals surface area contributed by atoms with E-state index in [9.17, 15) is 19.5 Å². The van der Waals surface area contributed by atoms with E-state index in [-0.39, 0.29) is 30.0 Å². The van der Waals surface area contributed by atoms with Crippen LogP contribution in [0.2, 0.25) is 0 Å². The van der Waals surface area contributed by atoms with E-state index < -0.39 is 5.97 Å². The average molecular weight is 626 g/mol. The first-order valence-corrected chi connectivity index (χ1v) is 17.8. The number of amides is 2. The lowest BCUT2D eigenvalue weighted by atomic mass is 9.81. The van der Waals surface area contributed by atoms with Gasteiger partial charge in [0.15, 0.2) is 0 Å². The summed E-state index contributed by atoms with van der Waals surface area (Å²) in [6.45, 7) is 7.76. The summed E-state index contributed by atoms with van der Waals surface area (Å²) in [6.07, 6.45) is 19.6. The number of nitrogens with one attached hydrogen (secondary N) is 1. The van der Waals surface area contributed by atoms with Crippen LogP contribution in [0.3, 0.4) is 0 Å². The van der Waals surface area contributed by atoms with Crippen LogP contribution >= 0.6 is 0 Å². The van der Waals surface area contributed by atoms with Crippen molar-refractivity contribution < 1.29 is 24.2 Å². The second kappa shape index (κ2) is 20.4. The van der Waals surface area contributed by atoms with Gasteiger partial charge >= 0.3 is 12.0 Å². The molecule has 8 heteroatoms. The molecular formula is C37H59N3O5. The van der Waals surface area contributed by atoms with Gasteiger partial charge in [0.2, 0.25) is 6.08 Å². The number of aliphatic carboxylic acids is 1. The summed E-state index contributed by atoms with van der Waals surface area (Å²) < 4.78 is 6.30. The number of urea groups is 1. The minimum atomic E-state index is -0.672. The molecule has 0 spiro atoms. The lowest BCUT2D eigenvalue weighted by Crippen LogP contribution is -2.46. The number of aryl methyl sites for hydroxylation is 1. The third-order valence-electron chi connectivity index (χ3n) is 9.98. The van der Waals surface area contributed by atoms with Gasteiger partial charge in [0.1, 0.15) is 0 Å². The standard InChI is InChI=1S/C30H48N2O4.C7H11NO/c1-22(2)28(29(33)34)17-16-24-8-7-11-27(20-24)36-19-18-32(21-25-14-12-23(3)13-15-25)30(35)31-26-9-5-4-6-10-26;9-6-8-7-4-2-1-3-5-7/h12-15,22,24,26-28H,4-11,16-21H2,1-3H3,(H,31,35)(H,33,34);7H,1-5H2/t24-,27-,28?;/m1./s1. The van der Waals surface area contributed by atoms with Crippen molar-refractivity contribution in [3.63, 3.8) is 0 Å². The first-order valence-electron chi connectivity index (χ1n) is 17.8. The number of carboxylic acid groups (broad SMARTS) is 1. The first kappa shape index (κ1) is 36.8.